The number of aliphatic hydroxyl groups excluding tert-OH is 1. The predicted molar refractivity (Wildman–Crippen MR) is 56.1 cm³/mol. The lowest BCUT2D eigenvalue weighted by atomic mass is 10.2. The fourth-order valence-electron chi connectivity index (χ4n) is 1.19. The van der Waals surface area contributed by atoms with Crippen molar-refractivity contribution in [1.29, 1.82) is 0 Å². The highest BCUT2D eigenvalue weighted by molar-refractivity contribution is 5.90. The molecule has 0 fully saturated rings. The van der Waals surface area contributed by atoms with E-state index in [2.05, 4.69) is 5.32 Å². The Morgan fingerprint density at radius 3 is 2.93 bits per heavy atom. The van der Waals surface area contributed by atoms with Crippen molar-refractivity contribution in [1.82, 2.24) is 0 Å². The first-order valence-electron chi connectivity index (χ1n) is 4.80. The second-order valence-electron chi connectivity index (χ2n) is 3.36. The number of aliphatic hydroxyl groups is 1. The second-order valence-corrected chi connectivity index (χ2v) is 3.36. The van der Waals surface area contributed by atoms with Crippen molar-refractivity contribution < 1.29 is 14.3 Å². The van der Waals surface area contributed by atoms with E-state index >= 15 is 0 Å². The molecule has 1 rings (SSSR count). The van der Waals surface area contributed by atoms with Crippen LogP contribution in [0.25, 0.3) is 0 Å². The van der Waals surface area contributed by atoms with E-state index in [1.807, 2.05) is 6.92 Å². The maximum absolute atomic E-state index is 13.2. The van der Waals surface area contributed by atoms with E-state index in [1.54, 1.807) is 12.1 Å². The summed E-state index contributed by atoms with van der Waals surface area (Å²) in [5, 5.41) is 11.0. The van der Waals surface area contributed by atoms with Crippen LogP contribution in [0, 0.1) is 12.7 Å². The van der Waals surface area contributed by atoms with E-state index in [9.17, 15) is 9.18 Å². The van der Waals surface area contributed by atoms with Crippen LogP contribution in [0.1, 0.15) is 18.4 Å². The molecule has 4 heteroatoms. The molecule has 0 saturated heterocycles. The molecule has 0 aliphatic heterocycles. The monoisotopic (exact) mass is 211 g/mol. The zero-order valence-electron chi connectivity index (χ0n) is 8.59. The third-order valence-electron chi connectivity index (χ3n) is 1.96. The van der Waals surface area contributed by atoms with Crippen LogP contribution in [0.2, 0.25) is 0 Å². The van der Waals surface area contributed by atoms with Crippen molar-refractivity contribution in [2.24, 2.45) is 0 Å². The average molecular weight is 211 g/mol. The van der Waals surface area contributed by atoms with Gasteiger partial charge in [0.2, 0.25) is 5.91 Å². The van der Waals surface area contributed by atoms with Gasteiger partial charge in [0.15, 0.2) is 0 Å². The number of hydrogen-bond acceptors (Lipinski definition) is 2. The van der Waals surface area contributed by atoms with Crippen molar-refractivity contribution in [2.75, 3.05) is 11.9 Å². The predicted octanol–water partition coefficient (Wildman–Crippen LogP) is 1.85. The summed E-state index contributed by atoms with van der Waals surface area (Å²) in [5.74, 6) is -0.730. The number of benzene rings is 1. The Hall–Kier alpha value is -1.42. The van der Waals surface area contributed by atoms with Crippen LogP contribution in [-0.2, 0) is 4.79 Å². The average Bonchev–Trinajstić information content (AvgIpc) is 2.20. The maximum atomic E-state index is 13.2. The number of anilines is 1. The summed E-state index contributed by atoms with van der Waals surface area (Å²) < 4.78 is 13.2. The molecule has 1 amide bonds. The van der Waals surface area contributed by atoms with Crippen molar-refractivity contribution >= 4 is 11.6 Å². The van der Waals surface area contributed by atoms with E-state index in [4.69, 9.17) is 5.11 Å². The molecule has 2 N–H and O–H groups in total. The molecule has 0 spiro atoms. The lowest BCUT2D eigenvalue weighted by Gasteiger charge is -2.06. The summed E-state index contributed by atoms with van der Waals surface area (Å²) in [6.07, 6.45) is 0.586. The third-order valence-corrected chi connectivity index (χ3v) is 1.96. The largest absolute Gasteiger partial charge is 0.396 e. The molecule has 0 radical (unpaired) electrons. The first-order valence-corrected chi connectivity index (χ1v) is 4.80. The van der Waals surface area contributed by atoms with E-state index in [-0.39, 0.29) is 24.6 Å². The Balaban J connectivity index is 2.63. The van der Waals surface area contributed by atoms with E-state index in [0.29, 0.717) is 6.42 Å². The van der Waals surface area contributed by atoms with Crippen LogP contribution in [0.15, 0.2) is 18.2 Å². The Morgan fingerprint density at radius 2 is 2.27 bits per heavy atom. The van der Waals surface area contributed by atoms with Crippen LogP contribution >= 0.6 is 0 Å². The summed E-state index contributed by atoms with van der Waals surface area (Å²) in [6, 6.07) is 4.53. The molecular formula is C11H14FNO2. The van der Waals surface area contributed by atoms with Crippen LogP contribution < -0.4 is 5.32 Å². The molecule has 0 aliphatic carbocycles. The summed E-state index contributed by atoms with van der Waals surface area (Å²) in [4.78, 5) is 11.2. The minimum absolute atomic E-state index is 0.0380. The smallest absolute Gasteiger partial charge is 0.224 e. The first kappa shape index (κ1) is 11.7. The fourth-order valence-corrected chi connectivity index (χ4v) is 1.19. The Morgan fingerprint density at radius 1 is 1.53 bits per heavy atom. The number of carbonyl (C=O) groups is 1. The van der Waals surface area contributed by atoms with Crippen LogP contribution in [-0.4, -0.2) is 17.6 Å². The SMILES string of the molecule is Cc1ccc(F)c(NC(=O)CCCO)c1. The third kappa shape index (κ3) is 3.67. The molecule has 0 atom stereocenters. The molecule has 0 saturated carbocycles. The summed E-state index contributed by atoms with van der Waals surface area (Å²) in [5.41, 5.74) is 1.08. The number of nitrogens with one attached hydrogen (secondary N) is 1. The number of hydrogen-bond donors (Lipinski definition) is 2. The van der Waals surface area contributed by atoms with Gasteiger partial charge in [-0.25, -0.2) is 4.39 Å². The Labute approximate surface area is 87.9 Å². The van der Waals surface area contributed by atoms with Gasteiger partial charge in [0.1, 0.15) is 5.82 Å². The van der Waals surface area contributed by atoms with Gasteiger partial charge < -0.3 is 10.4 Å². The van der Waals surface area contributed by atoms with E-state index in [0.717, 1.165) is 5.56 Å². The van der Waals surface area contributed by atoms with Gasteiger partial charge in [0, 0.05) is 13.0 Å². The second kappa shape index (κ2) is 5.46. The van der Waals surface area contributed by atoms with Gasteiger partial charge in [-0.3, -0.25) is 4.79 Å². The highest BCUT2D eigenvalue weighted by Crippen LogP contribution is 2.15. The van der Waals surface area contributed by atoms with E-state index in [1.165, 1.54) is 6.07 Å². The molecule has 82 valence electrons. The minimum atomic E-state index is -0.446. The molecule has 1 aromatic rings. The zero-order chi connectivity index (χ0) is 11.3. The number of aryl methyl sites for hydroxylation is 1. The van der Waals surface area contributed by atoms with Crippen molar-refractivity contribution in [3.63, 3.8) is 0 Å². The van der Waals surface area contributed by atoms with Gasteiger partial charge in [-0.2, -0.15) is 0 Å². The van der Waals surface area contributed by atoms with Crippen LogP contribution in [0.3, 0.4) is 0 Å². The first-order chi connectivity index (χ1) is 7.13. The Kier molecular flexibility index (Phi) is 4.24. The van der Waals surface area contributed by atoms with Gasteiger partial charge in [0.05, 0.1) is 5.69 Å². The highest BCUT2D eigenvalue weighted by Gasteiger charge is 2.06. The molecule has 0 aliphatic rings. The molecular weight excluding hydrogens is 197 g/mol. The molecule has 0 heterocycles. The quantitative estimate of drug-likeness (QED) is 0.798. The van der Waals surface area contributed by atoms with Crippen molar-refractivity contribution in [2.45, 2.75) is 19.8 Å². The molecule has 1 aromatic carbocycles. The fraction of sp³-hybridized carbons (Fsp3) is 0.364. The normalized spacial score (nSPS) is 10.1. The number of carbonyl (C=O) groups excluding carboxylic acids is 1. The molecule has 0 bridgehead atoms. The summed E-state index contributed by atoms with van der Waals surface area (Å²) in [6.45, 7) is 1.78. The van der Waals surface area contributed by atoms with Crippen LogP contribution in [0.5, 0.6) is 0 Å². The highest BCUT2D eigenvalue weighted by atomic mass is 19.1. The zero-order valence-corrected chi connectivity index (χ0v) is 8.59. The van der Waals surface area contributed by atoms with Gasteiger partial charge in [-0.05, 0) is 31.0 Å². The summed E-state index contributed by atoms with van der Waals surface area (Å²) in [7, 11) is 0. The minimum Gasteiger partial charge on any atom is -0.396 e. The Bertz CT molecular complexity index is 352. The van der Waals surface area contributed by atoms with Gasteiger partial charge in [-0.1, -0.05) is 6.07 Å². The topological polar surface area (TPSA) is 49.3 Å². The lowest BCUT2D eigenvalue weighted by molar-refractivity contribution is -0.116. The lowest BCUT2D eigenvalue weighted by Crippen LogP contribution is -2.13. The van der Waals surface area contributed by atoms with Gasteiger partial charge in [0.25, 0.3) is 0 Å². The molecule has 0 aromatic heterocycles. The van der Waals surface area contributed by atoms with Crippen LogP contribution in [0.4, 0.5) is 10.1 Å². The standard InChI is InChI=1S/C11H14FNO2/c1-8-4-5-9(12)10(7-8)13-11(15)3-2-6-14/h4-5,7,14H,2-3,6H2,1H3,(H,13,15). The van der Waals surface area contributed by atoms with Crippen molar-refractivity contribution in [3.8, 4) is 0 Å². The number of halogens is 1. The summed E-state index contributed by atoms with van der Waals surface area (Å²) >= 11 is 0. The molecule has 0 unspecified atom stereocenters. The van der Waals surface area contributed by atoms with E-state index < -0.39 is 5.82 Å². The van der Waals surface area contributed by atoms with Gasteiger partial charge >= 0.3 is 0 Å². The molecule has 15 heavy (non-hydrogen) atoms. The number of amides is 1. The van der Waals surface area contributed by atoms with Crippen molar-refractivity contribution in [3.05, 3.63) is 29.6 Å². The molecule has 3 nitrogen and oxygen atoms in total. The maximum Gasteiger partial charge on any atom is 0.224 e. The number of rotatable bonds is 4. The van der Waals surface area contributed by atoms with Gasteiger partial charge in [-0.15, -0.1) is 0 Å².